The van der Waals surface area contributed by atoms with E-state index in [1.807, 2.05) is 24.3 Å². The number of anilines is 1. The topological polar surface area (TPSA) is 78.4 Å². The van der Waals surface area contributed by atoms with Gasteiger partial charge >= 0.3 is 5.97 Å². The lowest BCUT2D eigenvalue weighted by Crippen LogP contribution is -2.55. The van der Waals surface area contributed by atoms with Crippen molar-refractivity contribution in [1.29, 1.82) is 0 Å². The molecule has 1 aromatic rings. The molecule has 0 aromatic heterocycles. The third-order valence-corrected chi connectivity index (χ3v) is 4.13. The number of carboxylic acid groups (broad SMARTS) is 1. The minimum absolute atomic E-state index is 0.228. The van der Waals surface area contributed by atoms with Crippen LogP contribution in [-0.4, -0.2) is 29.1 Å². The predicted octanol–water partition coefficient (Wildman–Crippen LogP) is 1.96. The molecule has 0 fully saturated rings. The van der Waals surface area contributed by atoms with Crippen molar-refractivity contribution in [3.63, 3.8) is 0 Å². The zero-order chi connectivity index (χ0) is 14.8. The molecule has 1 heterocycles. The smallest absolute Gasteiger partial charge is 0.329 e. The maximum Gasteiger partial charge on any atom is 0.329 e. The maximum atomic E-state index is 12.4. The average molecular weight is 276 g/mol. The van der Waals surface area contributed by atoms with Crippen molar-refractivity contribution in [3.05, 3.63) is 29.8 Å². The number of rotatable bonds is 5. The summed E-state index contributed by atoms with van der Waals surface area (Å²) in [4.78, 5) is 23.9. The number of hydrogen-bond donors (Lipinski definition) is 3. The van der Waals surface area contributed by atoms with Crippen LogP contribution in [0.3, 0.4) is 0 Å². The van der Waals surface area contributed by atoms with Gasteiger partial charge in [0, 0.05) is 12.2 Å². The number of benzene rings is 1. The molecule has 1 aliphatic heterocycles. The fraction of sp³-hybridized carbons (Fsp3) is 0.467. The van der Waals surface area contributed by atoms with Gasteiger partial charge in [0.05, 0.1) is 5.92 Å². The van der Waals surface area contributed by atoms with Crippen molar-refractivity contribution in [3.8, 4) is 0 Å². The Labute approximate surface area is 118 Å². The van der Waals surface area contributed by atoms with Gasteiger partial charge in [-0.25, -0.2) is 4.79 Å². The van der Waals surface area contributed by atoms with Crippen LogP contribution >= 0.6 is 0 Å². The number of aliphatic carboxylic acids is 1. The minimum atomic E-state index is -1.17. The van der Waals surface area contributed by atoms with E-state index in [9.17, 15) is 14.7 Å². The molecular formula is C15H20N2O3. The Bertz CT molecular complexity index is 524. The maximum absolute atomic E-state index is 12.4. The molecule has 0 bridgehead atoms. The second kappa shape index (κ2) is 5.53. The van der Waals surface area contributed by atoms with Crippen molar-refractivity contribution >= 4 is 17.6 Å². The summed E-state index contributed by atoms with van der Waals surface area (Å²) in [6.07, 6.45) is 0.735. The molecular weight excluding hydrogens is 256 g/mol. The third-order valence-electron chi connectivity index (χ3n) is 4.13. The largest absolute Gasteiger partial charge is 0.480 e. The quantitative estimate of drug-likeness (QED) is 0.768. The van der Waals surface area contributed by atoms with Gasteiger partial charge < -0.3 is 15.7 Å². The summed E-state index contributed by atoms with van der Waals surface area (Å²) in [5.74, 6) is -1.54. The first kappa shape index (κ1) is 14.4. The van der Waals surface area contributed by atoms with Gasteiger partial charge in [0.25, 0.3) is 0 Å². The molecule has 1 unspecified atom stereocenters. The molecule has 1 aromatic carbocycles. The Kier molecular flexibility index (Phi) is 3.97. The molecule has 1 aliphatic rings. The van der Waals surface area contributed by atoms with Gasteiger partial charge in [0.1, 0.15) is 5.54 Å². The Morgan fingerprint density at radius 3 is 2.60 bits per heavy atom. The Hall–Kier alpha value is -2.04. The Morgan fingerprint density at radius 1 is 1.35 bits per heavy atom. The fourth-order valence-electron chi connectivity index (χ4n) is 2.62. The number of carbonyl (C=O) groups is 2. The van der Waals surface area contributed by atoms with E-state index in [-0.39, 0.29) is 11.8 Å². The minimum Gasteiger partial charge on any atom is -0.480 e. The summed E-state index contributed by atoms with van der Waals surface area (Å²) in [6.45, 7) is 4.06. The molecule has 5 heteroatoms. The fourth-order valence-corrected chi connectivity index (χ4v) is 2.62. The number of amides is 1. The Balaban J connectivity index is 2.19. The summed E-state index contributed by atoms with van der Waals surface area (Å²) >= 11 is 0. The molecule has 20 heavy (non-hydrogen) atoms. The van der Waals surface area contributed by atoms with Crippen molar-refractivity contribution < 1.29 is 14.7 Å². The number of hydrogen-bond acceptors (Lipinski definition) is 3. The first-order valence-electron chi connectivity index (χ1n) is 6.92. The molecule has 0 saturated carbocycles. The standard InChI is InChI=1S/C15H20N2O3/c1-3-15(4-2,14(19)20)17-13(18)11-9-16-12-8-6-5-7-10(11)12/h5-8,11,16H,3-4,9H2,1-2H3,(H,17,18)(H,19,20). The number of nitrogens with one attached hydrogen (secondary N) is 2. The van der Waals surface area contributed by atoms with Crippen LogP contribution in [0.1, 0.15) is 38.2 Å². The number of para-hydroxylation sites is 1. The van der Waals surface area contributed by atoms with Crippen LogP contribution in [0.15, 0.2) is 24.3 Å². The van der Waals surface area contributed by atoms with Crippen LogP contribution in [-0.2, 0) is 9.59 Å². The van der Waals surface area contributed by atoms with Crippen molar-refractivity contribution in [2.75, 3.05) is 11.9 Å². The van der Waals surface area contributed by atoms with Gasteiger partial charge in [0.15, 0.2) is 0 Å². The lowest BCUT2D eigenvalue weighted by atomic mass is 9.91. The molecule has 0 saturated heterocycles. The van der Waals surface area contributed by atoms with E-state index in [0.717, 1.165) is 11.3 Å². The molecule has 3 N–H and O–H groups in total. The summed E-state index contributed by atoms with van der Waals surface area (Å²) in [6, 6.07) is 7.62. The highest BCUT2D eigenvalue weighted by atomic mass is 16.4. The Morgan fingerprint density at radius 2 is 2.00 bits per heavy atom. The van der Waals surface area contributed by atoms with Crippen LogP contribution in [0.2, 0.25) is 0 Å². The molecule has 0 radical (unpaired) electrons. The van der Waals surface area contributed by atoms with E-state index < -0.39 is 11.5 Å². The van der Waals surface area contributed by atoms with Crippen LogP contribution in [0.4, 0.5) is 5.69 Å². The van der Waals surface area contributed by atoms with Crippen LogP contribution in [0.25, 0.3) is 0 Å². The van der Waals surface area contributed by atoms with Gasteiger partial charge in [-0.3, -0.25) is 4.79 Å². The van der Waals surface area contributed by atoms with Crippen LogP contribution in [0.5, 0.6) is 0 Å². The van der Waals surface area contributed by atoms with E-state index in [4.69, 9.17) is 0 Å². The normalized spacial score (nSPS) is 17.2. The highest BCUT2D eigenvalue weighted by Crippen LogP contribution is 2.31. The average Bonchev–Trinajstić information content (AvgIpc) is 2.88. The van der Waals surface area contributed by atoms with E-state index in [1.165, 1.54) is 0 Å². The van der Waals surface area contributed by atoms with Crippen molar-refractivity contribution in [2.24, 2.45) is 0 Å². The second-order valence-corrected chi connectivity index (χ2v) is 5.10. The number of fused-ring (bicyclic) bond motifs is 1. The zero-order valence-corrected chi connectivity index (χ0v) is 11.8. The third kappa shape index (κ3) is 2.35. The van der Waals surface area contributed by atoms with E-state index in [2.05, 4.69) is 10.6 Å². The lowest BCUT2D eigenvalue weighted by molar-refractivity contribution is -0.148. The molecule has 1 atom stereocenters. The van der Waals surface area contributed by atoms with Gasteiger partial charge in [0.2, 0.25) is 5.91 Å². The molecule has 0 spiro atoms. The number of carbonyl (C=O) groups excluding carboxylic acids is 1. The second-order valence-electron chi connectivity index (χ2n) is 5.10. The summed E-state index contributed by atoms with van der Waals surface area (Å²) in [5, 5.41) is 15.3. The van der Waals surface area contributed by atoms with Gasteiger partial charge in [-0.1, -0.05) is 32.0 Å². The SMILES string of the molecule is CCC(CC)(NC(=O)C1CNc2ccccc21)C(=O)O. The molecule has 5 nitrogen and oxygen atoms in total. The highest BCUT2D eigenvalue weighted by molar-refractivity contribution is 5.92. The van der Waals surface area contributed by atoms with Gasteiger partial charge in [-0.2, -0.15) is 0 Å². The van der Waals surface area contributed by atoms with Gasteiger partial charge in [-0.05, 0) is 24.5 Å². The summed E-state index contributed by atoms with van der Waals surface area (Å²) < 4.78 is 0. The molecule has 0 aliphatic carbocycles. The summed E-state index contributed by atoms with van der Waals surface area (Å²) in [5.41, 5.74) is 0.701. The molecule has 1 amide bonds. The van der Waals surface area contributed by atoms with E-state index in [0.29, 0.717) is 19.4 Å². The zero-order valence-electron chi connectivity index (χ0n) is 11.8. The van der Waals surface area contributed by atoms with Crippen molar-refractivity contribution in [1.82, 2.24) is 5.32 Å². The number of carboxylic acids is 1. The highest BCUT2D eigenvalue weighted by Gasteiger charge is 2.39. The van der Waals surface area contributed by atoms with Crippen molar-refractivity contribution in [2.45, 2.75) is 38.1 Å². The van der Waals surface area contributed by atoms with Crippen LogP contribution in [0, 0.1) is 0 Å². The molecule has 108 valence electrons. The monoisotopic (exact) mass is 276 g/mol. The van der Waals surface area contributed by atoms with E-state index >= 15 is 0 Å². The first-order chi connectivity index (χ1) is 9.54. The lowest BCUT2D eigenvalue weighted by Gasteiger charge is -2.29. The molecule has 2 rings (SSSR count). The first-order valence-corrected chi connectivity index (χ1v) is 6.92. The van der Waals surface area contributed by atoms with Gasteiger partial charge in [-0.15, -0.1) is 0 Å². The predicted molar refractivity (Wildman–Crippen MR) is 76.8 cm³/mol. The van der Waals surface area contributed by atoms with Crippen LogP contribution < -0.4 is 10.6 Å². The summed E-state index contributed by atoms with van der Waals surface area (Å²) in [7, 11) is 0. The van der Waals surface area contributed by atoms with E-state index in [1.54, 1.807) is 13.8 Å².